The van der Waals surface area contributed by atoms with Crippen LogP contribution in [-0.4, -0.2) is 29.8 Å². The van der Waals surface area contributed by atoms with Crippen molar-refractivity contribution in [2.45, 2.75) is 37.2 Å². The minimum atomic E-state index is -3.72. The molecule has 7 heteroatoms. The van der Waals surface area contributed by atoms with Gasteiger partial charge in [0.05, 0.1) is 11.4 Å². The fourth-order valence-corrected chi connectivity index (χ4v) is 4.81. The number of benzene rings is 1. The summed E-state index contributed by atoms with van der Waals surface area (Å²) >= 11 is 0. The number of aromatic nitrogens is 2. The van der Waals surface area contributed by atoms with Gasteiger partial charge in [0, 0.05) is 13.6 Å². The van der Waals surface area contributed by atoms with Gasteiger partial charge in [-0.05, 0) is 37.8 Å². The summed E-state index contributed by atoms with van der Waals surface area (Å²) in [6.07, 6.45) is 1.26. The summed E-state index contributed by atoms with van der Waals surface area (Å²) in [7, 11) is -2.01. The van der Waals surface area contributed by atoms with Crippen LogP contribution in [0.25, 0.3) is 0 Å². The van der Waals surface area contributed by atoms with Gasteiger partial charge in [0.2, 0.25) is 10.0 Å². The van der Waals surface area contributed by atoms with Crippen LogP contribution in [0.4, 0.5) is 0 Å². The topological polar surface area (TPSA) is 84.2 Å². The zero-order valence-corrected chi connectivity index (χ0v) is 14.3. The average Bonchev–Trinajstić information content (AvgIpc) is 2.96. The fraction of sp³-hybridized carbons (Fsp3) is 0.438. The molecule has 1 aliphatic rings. The third-order valence-electron chi connectivity index (χ3n) is 4.59. The Labute approximate surface area is 136 Å². The quantitative estimate of drug-likeness (QED) is 0.878. The Morgan fingerprint density at radius 3 is 2.70 bits per heavy atom. The van der Waals surface area contributed by atoms with E-state index >= 15 is 0 Å². The molecule has 1 aromatic carbocycles. The Balaban J connectivity index is 1.86. The van der Waals surface area contributed by atoms with Crippen molar-refractivity contribution in [1.82, 2.24) is 14.5 Å². The Morgan fingerprint density at radius 2 is 2.04 bits per heavy atom. The normalized spacial score (nSPS) is 20.7. The van der Waals surface area contributed by atoms with E-state index in [1.807, 2.05) is 24.3 Å². The van der Waals surface area contributed by atoms with E-state index < -0.39 is 15.6 Å². The molecule has 0 spiro atoms. The first kappa shape index (κ1) is 16.2. The summed E-state index contributed by atoms with van der Waals surface area (Å²) in [5.74, 6) is 0. The van der Waals surface area contributed by atoms with E-state index in [9.17, 15) is 13.5 Å². The number of aryl methyl sites for hydroxylation is 3. The van der Waals surface area contributed by atoms with Crippen molar-refractivity contribution in [3.05, 3.63) is 46.8 Å². The number of nitrogens with zero attached hydrogens (tertiary/aromatic N) is 2. The molecular formula is C16H21N3O3S. The van der Waals surface area contributed by atoms with E-state index in [4.69, 9.17) is 0 Å². The minimum Gasteiger partial charge on any atom is -0.384 e. The first-order valence-electron chi connectivity index (χ1n) is 7.55. The molecule has 0 fully saturated rings. The molecule has 0 amide bonds. The highest BCUT2D eigenvalue weighted by Gasteiger charge is 2.38. The Hall–Kier alpha value is -1.70. The van der Waals surface area contributed by atoms with Crippen molar-refractivity contribution in [2.24, 2.45) is 7.05 Å². The molecular weight excluding hydrogens is 314 g/mol. The van der Waals surface area contributed by atoms with Gasteiger partial charge in [0.25, 0.3) is 0 Å². The summed E-state index contributed by atoms with van der Waals surface area (Å²) in [5.41, 5.74) is 1.75. The van der Waals surface area contributed by atoms with E-state index in [2.05, 4.69) is 9.82 Å². The van der Waals surface area contributed by atoms with Crippen LogP contribution in [0.15, 0.2) is 29.2 Å². The largest absolute Gasteiger partial charge is 0.384 e. The van der Waals surface area contributed by atoms with Gasteiger partial charge in [-0.1, -0.05) is 24.3 Å². The number of rotatable bonds is 4. The van der Waals surface area contributed by atoms with Crippen LogP contribution < -0.4 is 4.72 Å². The van der Waals surface area contributed by atoms with Crippen LogP contribution in [-0.2, 0) is 29.1 Å². The molecule has 0 bridgehead atoms. The zero-order valence-electron chi connectivity index (χ0n) is 13.5. The van der Waals surface area contributed by atoms with Crippen molar-refractivity contribution >= 4 is 10.0 Å². The third-order valence-corrected chi connectivity index (χ3v) is 6.25. The monoisotopic (exact) mass is 335 g/mol. The number of hydrogen-bond donors (Lipinski definition) is 2. The van der Waals surface area contributed by atoms with Crippen LogP contribution >= 0.6 is 0 Å². The van der Waals surface area contributed by atoms with Gasteiger partial charge in [0.15, 0.2) is 0 Å². The number of hydrogen-bond acceptors (Lipinski definition) is 4. The summed E-state index contributed by atoms with van der Waals surface area (Å²) in [6.45, 7) is 3.34. The highest BCUT2D eigenvalue weighted by molar-refractivity contribution is 7.89. The van der Waals surface area contributed by atoms with Crippen molar-refractivity contribution in [3.63, 3.8) is 0 Å². The molecule has 124 valence electrons. The van der Waals surface area contributed by atoms with Crippen molar-refractivity contribution < 1.29 is 13.5 Å². The van der Waals surface area contributed by atoms with Gasteiger partial charge >= 0.3 is 0 Å². The Bertz CT molecular complexity index is 857. The zero-order chi connectivity index (χ0) is 16.8. The highest BCUT2D eigenvalue weighted by Crippen LogP contribution is 2.36. The molecule has 0 aliphatic heterocycles. The van der Waals surface area contributed by atoms with Crippen LogP contribution in [0.1, 0.15) is 28.9 Å². The van der Waals surface area contributed by atoms with Gasteiger partial charge in [-0.25, -0.2) is 13.1 Å². The molecule has 23 heavy (non-hydrogen) atoms. The van der Waals surface area contributed by atoms with E-state index in [0.29, 0.717) is 17.8 Å². The van der Waals surface area contributed by atoms with E-state index in [1.54, 1.807) is 25.6 Å². The van der Waals surface area contributed by atoms with Gasteiger partial charge in [-0.3, -0.25) is 4.68 Å². The first-order valence-corrected chi connectivity index (χ1v) is 9.03. The Morgan fingerprint density at radius 1 is 1.35 bits per heavy atom. The van der Waals surface area contributed by atoms with Gasteiger partial charge in [0.1, 0.15) is 10.5 Å². The van der Waals surface area contributed by atoms with Crippen molar-refractivity contribution in [2.75, 3.05) is 6.54 Å². The number of nitrogens with one attached hydrogen (secondary N) is 1. The van der Waals surface area contributed by atoms with Gasteiger partial charge in [-0.2, -0.15) is 5.10 Å². The molecule has 2 aromatic rings. The van der Waals surface area contributed by atoms with Crippen LogP contribution in [0.3, 0.4) is 0 Å². The predicted molar refractivity (Wildman–Crippen MR) is 86.5 cm³/mol. The molecule has 2 N–H and O–H groups in total. The maximum Gasteiger partial charge on any atom is 0.244 e. The lowest BCUT2D eigenvalue weighted by molar-refractivity contribution is 0.0442. The summed E-state index contributed by atoms with van der Waals surface area (Å²) in [4.78, 5) is 0.190. The fourth-order valence-electron chi connectivity index (χ4n) is 3.28. The number of sulfonamides is 1. The SMILES string of the molecule is Cc1nn(C)c(C)c1S(=O)(=O)NCC1(O)CCc2ccccc21. The highest BCUT2D eigenvalue weighted by atomic mass is 32.2. The number of fused-ring (bicyclic) bond motifs is 1. The molecule has 1 unspecified atom stereocenters. The molecule has 1 aliphatic carbocycles. The second-order valence-electron chi connectivity index (χ2n) is 6.14. The molecule has 3 rings (SSSR count). The summed E-state index contributed by atoms with van der Waals surface area (Å²) in [5, 5.41) is 15.0. The van der Waals surface area contributed by atoms with Crippen LogP contribution in [0, 0.1) is 13.8 Å². The van der Waals surface area contributed by atoms with Crippen molar-refractivity contribution in [3.8, 4) is 0 Å². The minimum absolute atomic E-state index is 0.0415. The van der Waals surface area contributed by atoms with Crippen LogP contribution in [0.5, 0.6) is 0 Å². The molecule has 6 nitrogen and oxygen atoms in total. The lowest BCUT2D eigenvalue weighted by Crippen LogP contribution is -2.39. The predicted octanol–water partition coefficient (Wildman–Crippen LogP) is 1.15. The molecule has 1 heterocycles. The lowest BCUT2D eigenvalue weighted by Gasteiger charge is -2.24. The summed E-state index contributed by atoms with van der Waals surface area (Å²) < 4.78 is 29.4. The van der Waals surface area contributed by atoms with Gasteiger partial charge < -0.3 is 5.11 Å². The van der Waals surface area contributed by atoms with E-state index in [-0.39, 0.29) is 11.4 Å². The lowest BCUT2D eigenvalue weighted by atomic mass is 9.96. The maximum absolute atomic E-state index is 12.6. The van der Waals surface area contributed by atoms with E-state index in [1.165, 1.54) is 0 Å². The van der Waals surface area contributed by atoms with Crippen molar-refractivity contribution in [1.29, 1.82) is 0 Å². The molecule has 0 radical (unpaired) electrons. The molecule has 1 atom stereocenters. The Kier molecular flexibility index (Phi) is 3.82. The number of aliphatic hydroxyl groups is 1. The average molecular weight is 335 g/mol. The summed E-state index contributed by atoms with van der Waals surface area (Å²) in [6, 6.07) is 7.62. The second-order valence-corrected chi connectivity index (χ2v) is 7.84. The molecule has 0 saturated carbocycles. The third kappa shape index (κ3) is 2.69. The standard InChI is InChI=1S/C16H21N3O3S/c1-11-15(12(2)19(3)18-11)23(21,22)17-10-16(20)9-8-13-6-4-5-7-14(13)16/h4-7,17,20H,8-10H2,1-3H3. The maximum atomic E-state index is 12.6. The van der Waals surface area contributed by atoms with Crippen LogP contribution in [0.2, 0.25) is 0 Å². The molecule has 0 saturated heterocycles. The smallest absolute Gasteiger partial charge is 0.244 e. The van der Waals surface area contributed by atoms with E-state index in [0.717, 1.165) is 17.5 Å². The second kappa shape index (κ2) is 5.43. The first-order chi connectivity index (χ1) is 10.7. The van der Waals surface area contributed by atoms with Gasteiger partial charge in [-0.15, -0.1) is 0 Å². The molecule has 1 aromatic heterocycles.